The number of rotatable bonds is 5. The summed E-state index contributed by atoms with van der Waals surface area (Å²) in [5.74, 6) is 0.930. The molecular weight excluding hydrogens is 292 g/mol. The molecule has 1 N–H and O–H groups in total. The fourth-order valence-electron chi connectivity index (χ4n) is 3.04. The van der Waals surface area contributed by atoms with Crippen molar-refractivity contribution in [2.75, 3.05) is 19.6 Å². The van der Waals surface area contributed by atoms with Crippen LogP contribution in [0.1, 0.15) is 25.6 Å². The number of fused-ring (bicyclic) bond motifs is 1. The average molecular weight is 314 g/mol. The number of hydrogen-bond acceptors (Lipinski definition) is 3. The molecule has 6 nitrogen and oxygen atoms in total. The summed E-state index contributed by atoms with van der Waals surface area (Å²) in [5, 5.41) is 2.79. The van der Waals surface area contributed by atoms with Crippen LogP contribution >= 0.6 is 0 Å². The van der Waals surface area contributed by atoms with Gasteiger partial charge in [-0.3, -0.25) is 9.59 Å². The Morgan fingerprint density at radius 1 is 1.22 bits per heavy atom. The van der Waals surface area contributed by atoms with Gasteiger partial charge in [-0.25, -0.2) is 4.98 Å². The Hall–Kier alpha value is -2.37. The van der Waals surface area contributed by atoms with Crippen LogP contribution in [0.3, 0.4) is 0 Å². The van der Waals surface area contributed by atoms with Gasteiger partial charge in [0.15, 0.2) is 0 Å². The summed E-state index contributed by atoms with van der Waals surface area (Å²) >= 11 is 0. The van der Waals surface area contributed by atoms with Crippen molar-refractivity contribution in [1.29, 1.82) is 0 Å². The Balaban J connectivity index is 1.83. The summed E-state index contributed by atoms with van der Waals surface area (Å²) in [4.78, 5) is 30.1. The largest absolute Gasteiger partial charge is 0.356 e. The van der Waals surface area contributed by atoms with Crippen molar-refractivity contribution in [3.63, 3.8) is 0 Å². The second-order valence-electron chi connectivity index (χ2n) is 5.92. The molecule has 1 aromatic heterocycles. The molecule has 0 aliphatic carbocycles. The Morgan fingerprint density at radius 3 is 2.70 bits per heavy atom. The van der Waals surface area contributed by atoms with Crippen LogP contribution < -0.4 is 5.32 Å². The fourth-order valence-corrected chi connectivity index (χ4v) is 3.04. The van der Waals surface area contributed by atoms with Crippen molar-refractivity contribution in [3.8, 4) is 0 Å². The Bertz CT molecular complexity index is 716. The van der Waals surface area contributed by atoms with Gasteiger partial charge in [0.2, 0.25) is 11.8 Å². The molecule has 2 amide bonds. The molecule has 1 fully saturated rings. The third kappa shape index (κ3) is 3.52. The van der Waals surface area contributed by atoms with E-state index in [9.17, 15) is 9.59 Å². The highest BCUT2D eigenvalue weighted by Gasteiger charge is 2.20. The van der Waals surface area contributed by atoms with E-state index in [-0.39, 0.29) is 11.8 Å². The molecule has 0 unspecified atom stereocenters. The van der Waals surface area contributed by atoms with Crippen molar-refractivity contribution in [2.45, 2.75) is 32.7 Å². The molecule has 122 valence electrons. The number of para-hydroxylation sites is 2. The van der Waals surface area contributed by atoms with Gasteiger partial charge in [0, 0.05) is 33.0 Å². The van der Waals surface area contributed by atoms with Gasteiger partial charge in [0.1, 0.15) is 12.4 Å². The monoisotopic (exact) mass is 314 g/mol. The summed E-state index contributed by atoms with van der Waals surface area (Å²) in [7, 11) is 0. The van der Waals surface area contributed by atoms with E-state index >= 15 is 0 Å². The first kappa shape index (κ1) is 15.5. The summed E-state index contributed by atoms with van der Waals surface area (Å²) in [6, 6.07) is 7.84. The number of imidazole rings is 1. The van der Waals surface area contributed by atoms with Crippen LogP contribution in [0.15, 0.2) is 24.3 Å². The normalized spacial score (nSPS) is 14.4. The minimum Gasteiger partial charge on any atom is -0.356 e. The van der Waals surface area contributed by atoms with E-state index in [1.165, 1.54) is 6.92 Å². The number of carbonyl (C=O) groups excluding carboxylic acids is 2. The first-order valence-electron chi connectivity index (χ1n) is 8.11. The summed E-state index contributed by atoms with van der Waals surface area (Å²) < 4.78 is 1.98. The van der Waals surface area contributed by atoms with Crippen molar-refractivity contribution in [1.82, 2.24) is 19.8 Å². The molecule has 1 aromatic carbocycles. The number of aromatic nitrogens is 2. The minimum absolute atomic E-state index is 0.0548. The zero-order valence-electron chi connectivity index (χ0n) is 13.4. The quantitative estimate of drug-likeness (QED) is 0.905. The van der Waals surface area contributed by atoms with Crippen LogP contribution in [0.25, 0.3) is 11.0 Å². The van der Waals surface area contributed by atoms with Gasteiger partial charge in [-0.05, 0) is 25.0 Å². The van der Waals surface area contributed by atoms with Gasteiger partial charge in [-0.15, -0.1) is 0 Å². The number of carbonyl (C=O) groups is 2. The van der Waals surface area contributed by atoms with E-state index < -0.39 is 0 Å². The smallest absolute Gasteiger partial charge is 0.242 e. The first-order chi connectivity index (χ1) is 11.1. The number of amides is 2. The molecular formula is C17H22N4O2. The van der Waals surface area contributed by atoms with Crippen molar-refractivity contribution >= 4 is 22.8 Å². The van der Waals surface area contributed by atoms with Gasteiger partial charge in [-0.2, -0.15) is 0 Å². The van der Waals surface area contributed by atoms with E-state index in [2.05, 4.69) is 10.3 Å². The molecule has 2 heterocycles. The lowest BCUT2D eigenvalue weighted by Crippen LogP contribution is -2.32. The molecule has 0 bridgehead atoms. The standard InChI is InChI=1S/C17H22N4O2/c1-13(22)18-9-8-16-19-14-6-2-3-7-15(14)21(16)12-17(23)20-10-4-5-11-20/h2-3,6-7H,4-5,8-12H2,1H3,(H,18,22). The zero-order chi connectivity index (χ0) is 16.2. The minimum atomic E-state index is -0.0548. The fraction of sp³-hybridized carbons (Fsp3) is 0.471. The molecule has 1 aliphatic heterocycles. The van der Waals surface area contributed by atoms with Crippen molar-refractivity contribution < 1.29 is 9.59 Å². The van der Waals surface area contributed by atoms with E-state index in [1.54, 1.807) is 0 Å². The number of benzene rings is 1. The summed E-state index contributed by atoms with van der Waals surface area (Å²) in [5.41, 5.74) is 1.86. The molecule has 0 spiro atoms. The van der Waals surface area contributed by atoms with Crippen molar-refractivity contribution in [3.05, 3.63) is 30.1 Å². The second-order valence-corrected chi connectivity index (χ2v) is 5.92. The topological polar surface area (TPSA) is 67.2 Å². The maximum Gasteiger partial charge on any atom is 0.242 e. The SMILES string of the molecule is CC(=O)NCCc1nc2ccccc2n1CC(=O)N1CCCC1. The summed E-state index contributed by atoms with van der Waals surface area (Å²) in [6.07, 6.45) is 2.79. The van der Waals surface area contributed by atoms with E-state index in [0.717, 1.165) is 42.8 Å². The van der Waals surface area contributed by atoms with E-state index in [4.69, 9.17) is 0 Å². The highest BCUT2D eigenvalue weighted by atomic mass is 16.2. The Morgan fingerprint density at radius 2 is 1.96 bits per heavy atom. The molecule has 0 radical (unpaired) electrons. The molecule has 1 saturated heterocycles. The van der Waals surface area contributed by atoms with Gasteiger partial charge >= 0.3 is 0 Å². The maximum absolute atomic E-state index is 12.5. The lowest BCUT2D eigenvalue weighted by molar-refractivity contribution is -0.130. The van der Waals surface area contributed by atoms with Gasteiger partial charge in [0.05, 0.1) is 11.0 Å². The lowest BCUT2D eigenvalue weighted by atomic mass is 10.3. The highest BCUT2D eigenvalue weighted by Crippen LogP contribution is 2.17. The van der Waals surface area contributed by atoms with E-state index in [0.29, 0.717) is 19.5 Å². The van der Waals surface area contributed by atoms with E-state index in [1.807, 2.05) is 33.7 Å². The van der Waals surface area contributed by atoms with Crippen molar-refractivity contribution in [2.24, 2.45) is 0 Å². The third-order valence-electron chi connectivity index (χ3n) is 4.21. The zero-order valence-corrected chi connectivity index (χ0v) is 13.4. The molecule has 3 rings (SSSR count). The predicted molar refractivity (Wildman–Crippen MR) is 87.9 cm³/mol. The maximum atomic E-state index is 12.5. The van der Waals surface area contributed by atoms with Gasteiger partial charge in [-0.1, -0.05) is 12.1 Å². The lowest BCUT2D eigenvalue weighted by Gasteiger charge is -2.17. The molecule has 2 aromatic rings. The summed E-state index contributed by atoms with van der Waals surface area (Å²) in [6.45, 7) is 4.05. The predicted octanol–water partition coefficient (Wildman–Crippen LogP) is 1.34. The first-order valence-corrected chi connectivity index (χ1v) is 8.11. The van der Waals surface area contributed by atoms with Crippen LogP contribution in [0.4, 0.5) is 0 Å². The Kier molecular flexibility index (Phi) is 4.60. The molecule has 6 heteroatoms. The highest BCUT2D eigenvalue weighted by molar-refractivity contribution is 5.81. The van der Waals surface area contributed by atoms with Crippen LogP contribution in [-0.4, -0.2) is 45.9 Å². The van der Waals surface area contributed by atoms with Crippen LogP contribution in [-0.2, 0) is 22.6 Å². The van der Waals surface area contributed by atoms with Gasteiger partial charge < -0.3 is 14.8 Å². The number of hydrogen-bond donors (Lipinski definition) is 1. The molecule has 0 saturated carbocycles. The number of nitrogens with zero attached hydrogens (tertiary/aromatic N) is 3. The third-order valence-corrected chi connectivity index (χ3v) is 4.21. The second kappa shape index (κ2) is 6.81. The molecule has 23 heavy (non-hydrogen) atoms. The molecule has 1 aliphatic rings. The number of nitrogens with one attached hydrogen (secondary N) is 1. The van der Waals surface area contributed by atoms with Crippen LogP contribution in [0.5, 0.6) is 0 Å². The molecule has 0 atom stereocenters. The number of likely N-dealkylation sites (tertiary alicyclic amines) is 1. The Labute approximate surface area is 135 Å². The van der Waals surface area contributed by atoms with Gasteiger partial charge in [0.25, 0.3) is 0 Å². The van der Waals surface area contributed by atoms with Crippen LogP contribution in [0.2, 0.25) is 0 Å². The average Bonchev–Trinajstić information content (AvgIpc) is 3.16. The van der Waals surface area contributed by atoms with Crippen LogP contribution in [0, 0.1) is 0 Å².